The minimum Gasteiger partial charge on any atom is -0.507 e. The fourth-order valence-corrected chi connectivity index (χ4v) is 2.59. The summed E-state index contributed by atoms with van der Waals surface area (Å²) in [5, 5.41) is 9.99. The minimum absolute atomic E-state index is 0.286. The van der Waals surface area contributed by atoms with Crippen molar-refractivity contribution in [3.63, 3.8) is 0 Å². The molecule has 1 aliphatic rings. The number of hydrogen-bond donors (Lipinski definition) is 1. The molecular weight excluding hydrogens is 242 g/mol. The van der Waals surface area contributed by atoms with Crippen molar-refractivity contribution < 1.29 is 14.6 Å². The number of nitrogens with zero attached hydrogens (tertiary/aromatic N) is 1. The van der Waals surface area contributed by atoms with Crippen LogP contribution in [-0.4, -0.2) is 43.4 Å². The fourth-order valence-electron chi connectivity index (χ4n) is 2.59. The monoisotopic (exact) mass is 265 g/mol. The smallest absolute Gasteiger partial charge is 0.123 e. The first-order valence-corrected chi connectivity index (χ1v) is 6.75. The van der Waals surface area contributed by atoms with Crippen molar-refractivity contribution in [3.8, 4) is 11.5 Å². The van der Waals surface area contributed by atoms with Crippen LogP contribution in [0.1, 0.15) is 18.9 Å². The van der Waals surface area contributed by atoms with Crippen molar-refractivity contribution in [2.45, 2.75) is 26.0 Å². The molecule has 1 aliphatic heterocycles. The van der Waals surface area contributed by atoms with Crippen molar-refractivity contribution in [1.82, 2.24) is 4.90 Å². The number of benzene rings is 1. The molecule has 1 fully saturated rings. The number of rotatable bonds is 4. The van der Waals surface area contributed by atoms with Crippen LogP contribution in [0.5, 0.6) is 11.5 Å². The third-order valence-corrected chi connectivity index (χ3v) is 3.96. The van der Waals surface area contributed by atoms with E-state index in [1.165, 1.54) is 0 Å². The molecule has 1 N–H and O–H groups in total. The molecular formula is C15H23NO3. The number of hydrogen-bond acceptors (Lipinski definition) is 4. The molecule has 0 bridgehead atoms. The molecule has 1 saturated heterocycles. The number of ether oxygens (including phenoxy) is 2. The zero-order chi connectivity index (χ0) is 13.8. The Morgan fingerprint density at radius 1 is 1.37 bits per heavy atom. The number of phenols is 1. The van der Waals surface area contributed by atoms with Gasteiger partial charge in [-0.25, -0.2) is 0 Å². The van der Waals surface area contributed by atoms with E-state index in [1.807, 2.05) is 12.1 Å². The highest BCUT2D eigenvalue weighted by Crippen LogP contribution is 2.27. The van der Waals surface area contributed by atoms with E-state index in [9.17, 15) is 5.11 Å². The van der Waals surface area contributed by atoms with Gasteiger partial charge in [0, 0.05) is 31.8 Å². The summed E-state index contributed by atoms with van der Waals surface area (Å²) in [7, 11) is 3.37. The molecule has 1 heterocycles. The lowest BCUT2D eigenvalue weighted by Gasteiger charge is -2.36. The Kier molecular flexibility index (Phi) is 4.66. The quantitative estimate of drug-likeness (QED) is 0.906. The molecule has 0 radical (unpaired) electrons. The molecule has 0 aromatic heterocycles. The Labute approximate surface area is 114 Å². The molecule has 2 unspecified atom stereocenters. The number of aromatic hydroxyl groups is 1. The van der Waals surface area contributed by atoms with Crippen LogP contribution in [0.25, 0.3) is 0 Å². The fraction of sp³-hybridized carbons (Fsp3) is 0.600. The first-order valence-electron chi connectivity index (χ1n) is 6.75. The van der Waals surface area contributed by atoms with Crippen molar-refractivity contribution >= 4 is 0 Å². The lowest BCUT2D eigenvalue weighted by molar-refractivity contribution is -0.00762. The largest absolute Gasteiger partial charge is 0.507 e. The lowest BCUT2D eigenvalue weighted by atomic mass is 9.95. The summed E-state index contributed by atoms with van der Waals surface area (Å²) >= 11 is 0. The molecule has 1 aromatic rings. The molecule has 0 amide bonds. The van der Waals surface area contributed by atoms with E-state index in [-0.39, 0.29) is 6.10 Å². The van der Waals surface area contributed by atoms with Crippen LogP contribution < -0.4 is 4.74 Å². The maximum atomic E-state index is 9.99. The van der Waals surface area contributed by atoms with Crippen molar-refractivity contribution in [3.05, 3.63) is 23.8 Å². The zero-order valence-electron chi connectivity index (χ0n) is 11.9. The van der Waals surface area contributed by atoms with Gasteiger partial charge in [0.25, 0.3) is 0 Å². The summed E-state index contributed by atoms with van der Waals surface area (Å²) in [5.41, 5.74) is 0.935. The van der Waals surface area contributed by atoms with Gasteiger partial charge >= 0.3 is 0 Å². The predicted octanol–water partition coefficient (Wildman–Crippen LogP) is 2.26. The maximum absolute atomic E-state index is 9.99. The van der Waals surface area contributed by atoms with Crippen molar-refractivity contribution in [2.75, 3.05) is 27.3 Å². The van der Waals surface area contributed by atoms with Gasteiger partial charge in [-0.2, -0.15) is 0 Å². The Hall–Kier alpha value is -1.26. The average molecular weight is 265 g/mol. The molecule has 2 atom stereocenters. The SMILES string of the molecule is COc1ccc(CN2CCC(C)C(OC)C2)c(O)c1. The molecule has 1 aromatic carbocycles. The van der Waals surface area contributed by atoms with Crippen LogP contribution in [0.4, 0.5) is 0 Å². The molecule has 0 spiro atoms. The highest BCUT2D eigenvalue weighted by molar-refractivity contribution is 5.39. The van der Waals surface area contributed by atoms with E-state index in [4.69, 9.17) is 9.47 Å². The normalized spacial score (nSPS) is 24.4. The molecule has 2 rings (SSSR count). The Bertz CT molecular complexity index is 422. The topological polar surface area (TPSA) is 41.9 Å². The van der Waals surface area contributed by atoms with Crippen LogP contribution in [0, 0.1) is 5.92 Å². The summed E-state index contributed by atoms with van der Waals surface area (Å²) in [4.78, 5) is 2.33. The van der Waals surface area contributed by atoms with Gasteiger partial charge in [-0.05, 0) is 24.9 Å². The molecule has 0 saturated carbocycles. The Morgan fingerprint density at radius 2 is 2.16 bits per heavy atom. The second-order valence-electron chi connectivity index (χ2n) is 5.27. The summed E-state index contributed by atoms with van der Waals surface area (Å²) in [5.74, 6) is 1.58. The van der Waals surface area contributed by atoms with Gasteiger partial charge in [0.2, 0.25) is 0 Å². The number of phenolic OH excluding ortho intramolecular Hbond substituents is 1. The second kappa shape index (κ2) is 6.26. The lowest BCUT2D eigenvalue weighted by Crippen LogP contribution is -2.43. The average Bonchev–Trinajstić information content (AvgIpc) is 2.43. The molecule has 0 aliphatic carbocycles. The first-order chi connectivity index (χ1) is 9.13. The van der Waals surface area contributed by atoms with Gasteiger partial charge in [0.1, 0.15) is 11.5 Å². The maximum Gasteiger partial charge on any atom is 0.123 e. The summed E-state index contributed by atoms with van der Waals surface area (Å²) in [6.07, 6.45) is 1.42. The predicted molar refractivity (Wildman–Crippen MR) is 74.5 cm³/mol. The van der Waals surface area contributed by atoms with Gasteiger partial charge in [-0.15, -0.1) is 0 Å². The van der Waals surface area contributed by atoms with E-state index in [0.29, 0.717) is 17.4 Å². The first kappa shape index (κ1) is 14.2. The molecule has 4 heteroatoms. The number of likely N-dealkylation sites (tertiary alicyclic amines) is 1. The van der Waals surface area contributed by atoms with Crippen LogP contribution in [-0.2, 0) is 11.3 Å². The van der Waals surface area contributed by atoms with Crippen LogP contribution >= 0.6 is 0 Å². The highest BCUT2D eigenvalue weighted by atomic mass is 16.5. The van der Waals surface area contributed by atoms with Crippen LogP contribution in [0.15, 0.2) is 18.2 Å². The molecule has 4 nitrogen and oxygen atoms in total. The second-order valence-corrected chi connectivity index (χ2v) is 5.27. The van der Waals surface area contributed by atoms with Crippen molar-refractivity contribution in [2.24, 2.45) is 5.92 Å². The summed E-state index contributed by atoms with van der Waals surface area (Å²) < 4.78 is 10.6. The third kappa shape index (κ3) is 3.39. The van der Waals surface area contributed by atoms with E-state index in [2.05, 4.69) is 11.8 Å². The Morgan fingerprint density at radius 3 is 2.79 bits per heavy atom. The van der Waals surface area contributed by atoms with Gasteiger partial charge in [0.15, 0.2) is 0 Å². The van der Waals surface area contributed by atoms with Gasteiger partial charge in [-0.3, -0.25) is 4.90 Å². The Balaban J connectivity index is 2.01. The molecule has 19 heavy (non-hydrogen) atoms. The van der Waals surface area contributed by atoms with Gasteiger partial charge in [0.05, 0.1) is 13.2 Å². The highest BCUT2D eigenvalue weighted by Gasteiger charge is 2.26. The van der Waals surface area contributed by atoms with Gasteiger partial charge in [-0.1, -0.05) is 13.0 Å². The standard InChI is InChI=1S/C15H23NO3/c1-11-6-7-16(10-15(11)19-3)9-12-4-5-13(18-2)8-14(12)17/h4-5,8,11,15,17H,6-7,9-10H2,1-3H3. The van der Waals surface area contributed by atoms with Crippen LogP contribution in [0.3, 0.4) is 0 Å². The van der Waals surface area contributed by atoms with Gasteiger partial charge < -0.3 is 14.6 Å². The van der Waals surface area contributed by atoms with Crippen LogP contribution in [0.2, 0.25) is 0 Å². The van der Waals surface area contributed by atoms with E-state index < -0.39 is 0 Å². The third-order valence-electron chi connectivity index (χ3n) is 3.96. The van der Waals surface area contributed by atoms with E-state index in [0.717, 1.165) is 31.6 Å². The number of methoxy groups -OCH3 is 2. The van der Waals surface area contributed by atoms with E-state index in [1.54, 1.807) is 20.3 Å². The van der Waals surface area contributed by atoms with Crippen molar-refractivity contribution in [1.29, 1.82) is 0 Å². The summed E-state index contributed by atoms with van der Waals surface area (Å²) in [6, 6.07) is 5.47. The zero-order valence-corrected chi connectivity index (χ0v) is 11.9. The number of piperidine rings is 1. The minimum atomic E-state index is 0.286. The molecule has 106 valence electrons. The van der Waals surface area contributed by atoms with E-state index >= 15 is 0 Å². The summed E-state index contributed by atoms with van der Waals surface area (Å²) in [6.45, 7) is 4.95.